The maximum absolute atomic E-state index is 15.9. The molecular weight excluding hydrogens is 616 g/mol. The smallest absolute Gasteiger partial charge is 0.276 e. The molecule has 44 heavy (non-hydrogen) atoms. The van der Waals surface area contributed by atoms with Gasteiger partial charge in [-0.15, -0.1) is 0 Å². The van der Waals surface area contributed by atoms with E-state index in [0.717, 1.165) is 18.2 Å². The molecule has 3 aromatic carbocycles. The van der Waals surface area contributed by atoms with Crippen LogP contribution in [0.25, 0.3) is 5.57 Å². The van der Waals surface area contributed by atoms with Gasteiger partial charge in [0.15, 0.2) is 0 Å². The lowest BCUT2D eigenvalue weighted by Gasteiger charge is -2.40. The zero-order valence-corrected chi connectivity index (χ0v) is 25.7. The Kier molecular flexibility index (Phi) is 7.85. The normalized spacial score (nSPS) is 19.8. The van der Waals surface area contributed by atoms with E-state index in [4.69, 9.17) is 33.7 Å². The number of halogens is 5. The average Bonchev–Trinajstić information content (AvgIpc) is 3.40. The van der Waals surface area contributed by atoms with E-state index >= 15 is 13.2 Å². The summed E-state index contributed by atoms with van der Waals surface area (Å²) in [7, 11) is 1.28. The van der Waals surface area contributed by atoms with Crippen LogP contribution in [0.5, 0.6) is 5.75 Å². The number of hydrogen-bond donors (Lipinski definition) is 1. The first-order chi connectivity index (χ1) is 20.7. The molecule has 3 aromatic rings. The summed E-state index contributed by atoms with van der Waals surface area (Å²) in [5.41, 5.74) is 2.02. The van der Waals surface area contributed by atoms with Gasteiger partial charge >= 0.3 is 0 Å². The fourth-order valence-electron chi connectivity index (χ4n) is 6.12. The van der Waals surface area contributed by atoms with Gasteiger partial charge in [0, 0.05) is 27.8 Å². The number of ether oxygens (including phenoxy) is 1. The van der Waals surface area contributed by atoms with E-state index in [-0.39, 0.29) is 57.0 Å². The number of anilines is 1. The number of carbonyl (C=O) groups excluding carboxylic acids is 2. The molecule has 5 rings (SSSR count). The molecule has 228 valence electrons. The first kappa shape index (κ1) is 31.2. The molecule has 1 saturated heterocycles. The summed E-state index contributed by atoms with van der Waals surface area (Å²) in [5, 5.41) is 10.9. The molecule has 2 N–H and O–H groups in total. The highest BCUT2D eigenvalue weighted by Crippen LogP contribution is 2.57. The van der Waals surface area contributed by atoms with Crippen molar-refractivity contribution in [2.75, 3.05) is 18.7 Å². The number of benzene rings is 3. The SMILES string of the molecule is COc1cc(C(N)=O)c(F)cc1N1CN2C(=C(c3cccc(Cl)c3F)[C@@](C#N)(c3ccc(Cl)cc3F)[C@@H]2CC(C)(C)C)C1=O. The lowest BCUT2D eigenvalue weighted by Crippen LogP contribution is -2.47. The van der Waals surface area contributed by atoms with Crippen LogP contribution >= 0.6 is 23.2 Å². The molecule has 0 radical (unpaired) electrons. The number of nitrogens with two attached hydrogens (primary N) is 1. The lowest BCUT2D eigenvalue weighted by atomic mass is 9.65. The predicted octanol–water partition coefficient (Wildman–Crippen LogP) is 6.82. The number of fused-ring (bicyclic) bond motifs is 1. The molecule has 0 aliphatic carbocycles. The Morgan fingerprint density at radius 2 is 1.84 bits per heavy atom. The fourth-order valence-corrected chi connectivity index (χ4v) is 6.45. The summed E-state index contributed by atoms with van der Waals surface area (Å²) in [6.07, 6.45) is 0.241. The number of hydrogen-bond acceptors (Lipinski definition) is 5. The molecular formula is C32H27Cl2F3N4O3. The molecule has 7 nitrogen and oxygen atoms in total. The third-order valence-corrected chi connectivity index (χ3v) is 8.45. The van der Waals surface area contributed by atoms with Crippen molar-refractivity contribution in [1.29, 1.82) is 5.26 Å². The van der Waals surface area contributed by atoms with Gasteiger partial charge in [-0.25, -0.2) is 13.2 Å². The molecule has 2 aliphatic heterocycles. The minimum atomic E-state index is -1.91. The van der Waals surface area contributed by atoms with Crippen molar-refractivity contribution in [3.8, 4) is 11.8 Å². The van der Waals surface area contributed by atoms with Crippen molar-refractivity contribution in [2.45, 2.75) is 38.6 Å². The number of nitrogens with zero attached hydrogens (tertiary/aromatic N) is 3. The number of nitriles is 1. The number of methoxy groups -OCH3 is 1. The highest BCUT2D eigenvalue weighted by atomic mass is 35.5. The minimum Gasteiger partial charge on any atom is -0.495 e. The van der Waals surface area contributed by atoms with Crippen LogP contribution in [0.3, 0.4) is 0 Å². The molecule has 0 unspecified atom stereocenters. The lowest BCUT2D eigenvalue weighted by molar-refractivity contribution is -0.114. The summed E-state index contributed by atoms with van der Waals surface area (Å²) >= 11 is 12.3. The van der Waals surface area contributed by atoms with Gasteiger partial charge in [-0.3, -0.25) is 14.5 Å². The molecule has 0 bridgehead atoms. The summed E-state index contributed by atoms with van der Waals surface area (Å²) in [6, 6.07) is 11.4. The standard InChI is InChI=1S/C32H27Cl2F3N4O3/c1-31(2,3)13-25-32(14-38,19-9-8-16(33)10-22(19)36)26(17-6-5-7-20(34)27(17)37)28-30(43)40(15-41(25)28)23-12-21(35)18(29(39)42)11-24(23)44-4/h5-12,25H,13,15H2,1-4H3,(H2,39,42)/t25-,32-/m0/s1. The quantitative estimate of drug-likeness (QED) is 0.318. The second kappa shape index (κ2) is 11.1. The maximum Gasteiger partial charge on any atom is 0.276 e. The fraction of sp³-hybridized carbons (Fsp3) is 0.281. The molecule has 0 spiro atoms. The first-order valence-corrected chi connectivity index (χ1v) is 14.2. The van der Waals surface area contributed by atoms with E-state index in [1.165, 1.54) is 42.3 Å². The molecule has 2 heterocycles. The maximum atomic E-state index is 15.9. The Morgan fingerprint density at radius 1 is 1.14 bits per heavy atom. The van der Waals surface area contributed by atoms with Gasteiger partial charge in [-0.05, 0) is 36.1 Å². The highest BCUT2D eigenvalue weighted by molar-refractivity contribution is 6.31. The van der Waals surface area contributed by atoms with Crippen LogP contribution in [0.2, 0.25) is 10.0 Å². The number of primary amides is 1. The van der Waals surface area contributed by atoms with Crippen LogP contribution < -0.4 is 15.4 Å². The zero-order valence-electron chi connectivity index (χ0n) is 24.1. The van der Waals surface area contributed by atoms with E-state index in [1.807, 2.05) is 20.8 Å². The van der Waals surface area contributed by atoms with Crippen LogP contribution in [0.1, 0.15) is 48.7 Å². The van der Waals surface area contributed by atoms with Gasteiger partial charge < -0.3 is 15.4 Å². The topological polar surface area (TPSA) is 99.7 Å². The Balaban J connectivity index is 1.87. The van der Waals surface area contributed by atoms with Crippen LogP contribution in [0.15, 0.2) is 54.2 Å². The summed E-state index contributed by atoms with van der Waals surface area (Å²) in [4.78, 5) is 29.0. The summed E-state index contributed by atoms with van der Waals surface area (Å²) in [6.45, 7) is 5.52. The van der Waals surface area contributed by atoms with Crippen molar-refractivity contribution >= 4 is 46.3 Å². The van der Waals surface area contributed by atoms with Crippen LogP contribution in [0.4, 0.5) is 18.9 Å². The molecule has 0 saturated carbocycles. The average molecular weight is 643 g/mol. The van der Waals surface area contributed by atoms with Crippen molar-refractivity contribution in [2.24, 2.45) is 11.1 Å². The summed E-state index contributed by atoms with van der Waals surface area (Å²) < 4.78 is 52.2. The van der Waals surface area contributed by atoms with E-state index in [9.17, 15) is 14.9 Å². The van der Waals surface area contributed by atoms with Crippen molar-refractivity contribution < 1.29 is 27.5 Å². The molecule has 1 fully saturated rings. The van der Waals surface area contributed by atoms with Gasteiger partial charge in [0.2, 0.25) is 0 Å². The monoisotopic (exact) mass is 642 g/mol. The summed E-state index contributed by atoms with van der Waals surface area (Å²) in [5.74, 6) is -4.47. The Morgan fingerprint density at radius 3 is 2.43 bits per heavy atom. The van der Waals surface area contributed by atoms with Gasteiger partial charge in [-0.1, -0.05) is 62.2 Å². The second-order valence-electron chi connectivity index (χ2n) is 11.9. The minimum absolute atomic E-state index is 0.0199. The van der Waals surface area contributed by atoms with Crippen LogP contribution in [-0.2, 0) is 10.2 Å². The third kappa shape index (κ3) is 4.84. The number of rotatable bonds is 6. The molecule has 2 amide bonds. The van der Waals surface area contributed by atoms with Crippen molar-refractivity contribution in [1.82, 2.24) is 4.90 Å². The Labute approximate surface area is 262 Å². The van der Waals surface area contributed by atoms with E-state index in [2.05, 4.69) is 6.07 Å². The van der Waals surface area contributed by atoms with Crippen molar-refractivity contribution in [3.63, 3.8) is 0 Å². The Bertz CT molecular complexity index is 1800. The largest absolute Gasteiger partial charge is 0.495 e. The molecule has 2 aliphatic rings. The number of carbonyl (C=O) groups is 2. The molecule has 0 aromatic heterocycles. The van der Waals surface area contributed by atoms with Gasteiger partial charge in [-0.2, -0.15) is 5.26 Å². The number of amides is 2. The molecule has 12 heteroatoms. The van der Waals surface area contributed by atoms with E-state index in [1.54, 1.807) is 4.90 Å². The van der Waals surface area contributed by atoms with Crippen LogP contribution in [-0.4, -0.2) is 36.5 Å². The van der Waals surface area contributed by atoms with Gasteiger partial charge in [0.25, 0.3) is 11.8 Å². The van der Waals surface area contributed by atoms with E-state index in [0.29, 0.717) is 0 Å². The van der Waals surface area contributed by atoms with Crippen LogP contribution in [0, 0.1) is 34.2 Å². The first-order valence-electron chi connectivity index (χ1n) is 13.5. The van der Waals surface area contributed by atoms with Gasteiger partial charge in [0.05, 0.1) is 42.2 Å². The molecule has 2 atom stereocenters. The second-order valence-corrected chi connectivity index (χ2v) is 12.7. The highest BCUT2D eigenvalue weighted by Gasteiger charge is 2.61. The predicted molar refractivity (Wildman–Crippen MR) is 161 cm³/mol. The van der Waals surface area contributed by atoms with Crippen molar-refractivity contribution in [3.05, 3.63) is 98.4 Å². The van der Waals surface area contributed by atoms with E-state index < -0.39 is 51.7 Å². The third-order valence-electron chi connectivity index (χ3n) is 7.92. The van der Waals surface area contributed by atoms with Gasteiger partial charge in [0.1, 0.15) is 34.3 Å². The zero-order chi connectivity index (χ0) is 32.3. The Hall–Kier alpha value is -4.20.